The molecule has 1 aliphatic carbocycles. The van der Waals surface area contributed by atoms with Crippen molar-refractivity contribution in [1.82, 2.24) is 0 Å². The molecule has 0 unspecified atom stereocenters. The van der Waals surface area contributed by atoms with Crippen LogP contribution in [0.4, 0.5) is 11.4 Å². The molecule has 2 aliphatic rings. The maximum Gasteiger partial charge on any atom is 0.121 e. The van der Waals surface area contributed by atoms with E-state index >= 15 is 0 Å². The van der Waals surface area contributed by atoms with Crippen LogP contribution in [0.5, 0.6) is 5.75 Å². The Hall–Kier alpha value is -1.38. The molecule has 0 saturated heterocycles. The van der Waals surface area contributed by atoms with Crippen molar-refractivity contribution in [1.29, 1.82) is 0 Å². The van der Waals surface area contributed by atoms with Gasteiger partial charge in [0.2, 0.25) is 0 Å². The van der Waals surface area contributed by atoms with Crippen molar-refractivity contribution in [3.05, 3.63) is 18.2 Å². The molecule has 3 heteroatoms. The van der Waals surface area contributed by atoms with Gasteiger partial charge in [0.25, 0.3) is 0 Å². The lowest BCUT2D eigenvalue weighted by atomic mass is 9.87. The summed E-state index contributed by atoms with van der Waals surface area (Å²) in [5.41, 5.74) is 2.67. The van der Waals surface area contributed by atoms with E-state index in [9.17, 15) is 0 Å². The first kappa shape index (κ1) is 11.7. The Morgan fingerprint density at radius 2 is 1.83 bits per heavy atom. The standard InChI is InChI=1S/C15H22N2O/c1-18-12-6-7-13-14(10-12)16-11-15(17-13)8-4-2-3-5-9-15/h6-7,10,16-17H,2-5,8-9,11H2,1H3. The molecule has 1 heterocycles. The number of ether oxygens (including phenoxy) is 1. The fourth-order valence-corrected chi connectivity index (χ4v) is 3.21. The fraction of sp³-hybridized carbons (Fsp3) is 0.600. The first-order valence-corrected chi connectivity index (χ1v) is 7.01. The maximum absolute atomic E-state index is 5.27. The van der Waals surface area contributed by atoms with Gasteiger partial charge in [-0.15, -0.1) is 0 Å². The third-order valence-corrected chi connectivity index (χ3v) is 4.30. The van der Waals surface area contributed by atoms with E-state index in [1.54, 1.807) is 7.11 Å². The third kappa shape index (κ3) is 2.14. The predicted molar refractivity (Wildman–Crippen MR) is 75.5 cm³/mol. The Kier molecular flexibility index (Phi) is 3.06. The number of anilines is 2. The van der Waals surface area contributed by atoms with Crippen molar-refractivity contribution in [2.24, 2.45) is 0 Å². The van der Waals surface area contributed by atoms with Crippen LogP contribution in [0.1, 0.15) is 38.5 Å². The molecule has 0 radical (unpaired) electrons. The minimum absolute atomic E-state index is 0.276. The highest BCUT2D eigenvalue weighted by Crippen LogP contribution is 2.38. The SMILES string of the molecule is COc1ccc2c(c1)NCC1(CCCCCC1)N2. The summed E-state index contributed by atoms with van der Waals surface area (Å²) in [5.74, 6) is 0.917. The summed E-state index contributed by atoms with van der Waals surface area (Å²) in [5, 5.41) is 7.37. The summed E-state index contributed by atoms with van der Waals surface area (Å²) < 4.78 is 5.27. The summed E-state index contributed by atoms with van der Waals surface area (Å²) >= 11 is 0. The van der Waals surface area contributed by atoms with Gasteiger partial charge < -0.3 is 15.4 Å². The zero-order chi connectivity index (χ0) is 12.4. The monoisotopic (exact) mass is 246 g/mol. The summed E-state index contributed by atoms with van der Waals surface area (Å²) in [6, 6.07) is 6.24. The number of methoxy groups -OCH3 is 1. The molecule has 1 fully saturated rings. The van der Waals surface area contributed by atoms with Crippen LogP contribution in [0.3, 0.4) is 0 Å². The van der Waals surface area contributed by atoms with Gasteiger partial charge in [0, 0.05) is 12.6 Å². The average molecular weight is 246 g/mol. The van der Waals surface area contributed by atoms with E-state index in [2.05, 4.69) is 22.8 Å². The second kappa shape index (κ2) is 4.71. The second-order valence-corrected chi connectivity index (χ2v) is 5.58. The van der Waals surface area contributed by atoms with Crippen LogP contribution >= 0.6 is 0 Å². The Bertz CT molecular complexity index is 423. The van der Waals surface area contributed by atoms with E-state index in [4.69, 9.17) is 4.74 Å². The van der Waals surface area contributed by atoms with E-state index < -0.39 is 0 Å². The van der Waals surface area contributed by atoms with Gasteiger partial charge in [0.15, 0.2) is 0 Å². The average Bonchev–Trinajstić information content (AvgIpc) is 2.64. The summed E-state index contributed by atoms with van der Waals surface area (Å²) in [6.45, 7) is 1.03. The van der Waals surface area contributed by atoms with Crippen LogP contribution in [0.2, 0.25) is 0 Å². The molecule has 1 aliphatic heterocycles. The van der Waals surface area contributed by atoms with Crippen LogP contribution in [0.25, 0.3) is 0 Å². The largest absolute Gasteiger partial charge is 0.497 e. The zero-order valence-electron chi connectivity index (χ0n) is 11.1. The molecule has 0 amide bonds. The molecule has 18 heavy (non-hydrogen) atoms. The van der Waals surface area contributed by atoms with E-state index in [0.29, 0.717) is 0 Å². The predicted octanol–water partition coefficient (Wildman–Crippen LogP) is 3.63. The lowest BCUT2D eigenvalue weighted by Gasteiger charge is -2.40. The smallest absolute Gasteiger partial charge is 0.121 e. The van der Waals surface area contributed by atoms with Crippen LogP contribution in [-0.2, 0) is 0 Å². The molecule has 1 spiro atoms. The number of rotatable bonds is 1. The molecule has 1 saturated carbocycles. The van der Waals surface area contributed by atoms with Crippen LogP contribution < -0.4 is 15.4 Å². The van der Waals surface area contributed by atoms with Gasteiger partial charge in [0.1, 0.15) is 5.75 Å². The van der Waals surface area contributed by atoms with Crippen molar-refractivity contribution in [3.63, 3.8) is 0 Å². The van der Waals surface area contributed by atoms with Crippen molar-refractivity contribution in [2.45, 2.75) is 44.1 Å². The number of nitrogens with one attached hydrogen (secondary N) is 2. The number of hydrogen-bond acceptors (Lipinski definition) is 3. The van der Waals surface area contributed by atoms with Crippen molar-refractivity contribution in [3.8, 4) is 5.75 Å². The lowest BCUT2D eigenvalue weighted by molar-refractivity contribution is 0.411. The van der Waals surface area contributed by atoms with E-state index in [-0.39, 0.29) is 5.54 Å². The number of fused-ring (bicyclic) bond motifs is 1. The van der Waals surface area contributed by atoms with Gasteiger partial charge in [-0.05, 0) is 25.0 Å². The quantitative estimate of drug-likeness (QED) is 0.794. The van der Waals surface area contributed by atoms with Crippen molar-refractivity contribution < 1.29 is 4.74 Å². The minimum atomic E-state index is 0.276. The Labute approximate surface area is 109 Å². The van der Waals surface area contributed by atoms with Crippen LogP contribution in [0.15, 0.2) is 18.2 Å². The molecule has 1 aromatic carbocycles. The molecular weight excluding hydrogens is 224 g/mol. The van der Waals surface area contributed by atoms with Crippen molar-refractivity contribution >= 4 is 11.4 Å². The summed E-state index contributed by atoms with van der Waals surface area (Å²) in [7, 11) is 1.71. The number of benzene rings is 1. The van der Waals surface area contributed by atoms with Gasteiger partial charge in [-0.3, -0.25) is 0 Å². The van der Waals surface area contributed by atoms with Gasteiger partial charge in [-0.25, -0.2) is 0 Å². The first-order chi connectivity index (χ1) is 8.81. The third-order valence-electron chi connectivity index (χ3n) is 4.30. The van der Waals surface area contributed by atoms with Gasteiger partial charge in [-0.2, -0.15) is 0 Å². The van der Waals surface area contributed by atoms with E-state index in [1.807, 2.05) is 6.07 Å². The van der Waals surface area contributed by atoms with Gasteiger partial charge in [0.05, 0.1) is 24.0 Å². The molecule has 3 nitrogen and oxygen atoms in total. The fourth-order valence-electron chi connectivity index (χ4n) is 3.21. The van der Waals surface area contributed by atoms with E-state index in [0.717, 1.165) is 12.3 Å². The maximum atomic E-state index is 5.27. The van der Waals surface area contributed by atoms with Gasteiger partial charge in [-0.1, -0.05) is 25.7 Å². The Morgan fingerprint density at radius 1 is 1.06 bits per heavy atom. The molecule has 1 aromatic rings. The molecule has 0 bridgehead atoms. The minimum Gasteiger partial charge on any atom is -0.497 e. The first-order valence-electron chi connectivity index (χ1n) is 7.01. The van der Waals surface area contributed by atoms with Crippen molar-refractivity contribution in [2.75, 3.05) is 24.3 Å². The molecule has 0 aromatic heterocycles. The molecule has 0 atom stereocenters. The molecule has 2 N–H and O–H groups in total. The number of hydrogen-bond donors (Lipinski definition) is 2. The highest BCUT2D eigenvalue weighted by Gasteiger charge is 2.34. The normalized spacial score (nSPS) is 21.4. The molecule has 3 rings (SSSR count). The Morgan fingerprint density at radius 3 is 2.56 bits per heavy atom. The topological polar surface area (TPSA) is 33.3 Å². The lowest BCUT2D eigenvalue weighted by Crippen LogP contribution is -2.47. The zero-order valence-corrected chi connectivity index (χ0v) is 11.1. The van der Waals surface area contributed by atoms with Crippen LogP contribution in [0, 0.1) is 0 Å². The highest BCUT2D eigenvalue weighted by molar-refractivity contribution is 5.74. The second-order valence-electron chi connectivity index (χ2n) is 5.58. The van der Waals surface area contributed by atoms with E-state index in [1.165, 1.54) is 49.9 Å². The highest BCUT2D eigenvalue weighted by atomic mass is 16.5. The van der Waals surface area contributed by atoms with Crippen LogP contribution in [-0.4, -0.2) is 19.2 Å². The molecule has 98 valence electrons. The summed E-state index contributed by atoms with van der Waals surface area (Å²) in [6.07, 6.45) is 8.04. The molecular formula is C15H22N2O. The summed E-state index contributed by atoms with van der Waals surface area (Å²) in [4.78, 5) is 0. The Balaban J connectivity index is 1.83. The van der Waals surface area contributed by atoms with Gasteiger partial charge >= 0.3 is 0 Å².